The lowest BCUT2D eigenvalue weighted by Crippen LogP contribution is -1.99. The Morgan fingerprint density at radius 2 is 1.82 bits per heavy atom. The molecule has 3 aromatic rings. The third kappa shape index (κ3) is 4.52. The number of hydrogen-bond acceptors (Lipinski definition) is 4. The van der Waals surface area contributed by atoms with Crippen LogP contribution in [0.3, 0.4) is 0 Å². The fourth-order valence-electron chi connectivity index (χ4n) is 3.05. The Labute approximate surface area is 166 Å². The zero-order valence-corrected chi connectivity index (χ0v) is 16.9. The smallest absolute Gasteiger partial charge is 0.240 e. The van der Waals surface area contributed by atoms with E-state index in [4.69, 9.17) is 4.42 Å². The fourth-order valence-corrected chi connectivity index (χ4v) is 3.05. The van der Waals surface area contributed by atoms with Crippen molar-refractivity contribution >= 4 is 23.8 Å². The molecule has 0 amide bonds. The summed E-state index contributed by atoms with van der Waals surface area (Å²) >= 11 is 0. The van der Waals surface area contributed by atoms with Crippen LogP contribution < -0.4 is 0 Å². The first-order valence-corrected chi connectivity index (χ1v) is 9.33. The summed E-state index contributed by atoms with van der Waals surface area (Å²) in [4.78, 5) is 4.67. The summed E-state index contributed by atoms with van der Waals surface area (Å²) in [5.41, 5.74) is 7.50. The Bertz CT molecular complexity index is 1060. The van der Waals surface area contributed by atoms with Crippen LogP contribution in [0.4, 0.5) is 0 Å². The molecule has 4 nitrogen and oxygen atoms in total. The summed E-state index contributed by atoms with van der Waals surface area (Å²) in [5, 5.41) is 8.34. The van der Waals surface area contributed by atoms with Crippen LogP contribution in [-0.2, 0) is 6.42 Å². The van der Waals surface area contributed by atoms with Gasteiger partial charge < -0.3 is 4.42 Å². The SMILES string of the molecule is C=Cc1ccc(C)nc1/C(=C\C)Cc1nnc(/C=C/c2ccc(C)cc2C)o1. The third-order valence-corrected chi connectivity index (χ3v) is 4.59. The average Bonchev–Trinajstić information content (AvgIpc) is 3.13. The first-order chi connectivity index (χ1) is 13.5. The molecule has 0 bridgehead atoms. The van der Waals surface area contributed by atoms with Gasteiger partial charge in [-0.1, -0.05) is 48.6 Å². The second-order valence-electron chi connectivity index (χ2n) is 6.81. The molecular weight excluding hydrogens is 346 g/mol. The van der Waals surface area contributed by atoms with Crippen LogP contribution >= 0.6 is 0 Å². The van der Waals surface area contributed by atoms with E-state index in [0.717, 1.165) is 28.1 Å². The topological polar surface area (TPSA) is 51.8 Å². The third-order valence-electron chi connectivity index (χ3n) is 4.59. The Morgan fingerprint density at radius 3 is 2.54 bits per heavy atom. The van der Waals surface area contributed by atoms with Gasteiger partial charge in [-0.05, 0) is 62.1 Å². The summed E-state index contributed by atoms with van der Waals surface area (Å²) < 4.78 is 5.82. The maximum absolute atomic E-state index is 5.82. The van der Waals surface area contributed by atoms with Crippen LogP contribution in [0.25, 0.3) is 23.8 Å². The van der Waals surface area contributed by atoms with E-state index in [1.165, 1.54) is 11.1 Å². The Morgan fingerprint density at radius 1 is 1.04 bits per heavy atom. The van der Waals surface area contributed by atoms with Gasteiger partial charge in [-0.3, -0.25) is 4.98 Å². The lowest BCUT2D eigenvalue weighted by atomic mass is 10.0. The standard InChI is InChI=1S/C24H25N3O/c1-6-19-11-9-18(5)25-24(19)20(7-2)15-23-27-26-22(28-23)13-12-21-10-8-16(3)14-17(21)4/h6-14H,1,15H2,2-5H3/b13-12+,20-7-. The molecule has 0 saturated heterocycles. The van der Waals surface area contributed by atoms with Crippen LogP contribution in [0.5, 0.6) is 0 Å². The van der Waals surface area contributed by atoms with Crippen LogP contribution in [-0.4, -0.2) is 15.2 Å². The molecule has 0 atom stereocenters. The fraction of sp³-hybridized carbons (Fsp3) is 0.208. The molecule has 28 heavy (non-hydrogen) atoms. The first-order valence-electron chi connectivity index (χ1n) is 9.33. The molecule has 1 aromatic carbocycles. The molecule has 2 aromatic heterocycles. The van der Waals surface area contributed by atoms with Crippen molar-refractivity contribution in [2.24, 2.45) is 0 Å². The number of nitrogens with zero attached hydrogens (tertiary/aromatic N) is 3. The Hall–Kier alpha value is -3.27. The van der Waals surface area contributed by atoms with Gasteiger partial charge in [0.1, 0.15) is 0 Å². The summed E-state index contributed by atoms with van der Waals surface area (Å²) in [6.45, 7) is 12.0. The highest BCUT2D eigenvalue weighted by molar-refractivity contribution is 5.72. The lowest BCUT2D eigenvalue weighted by Gasteiger charge is -2.09. The highest BCUT2D eigenvalue weighted by atomic mass is 16.4. The summed E-state index contributed by atoms with van der Waals surface area (Å²) in [6, 6.07) is 10.4. The minimum Gasteiger partial charge on any atom is -0.421 e. The highest BCUT2D eigenvalue weighted by Gasteiger charge is 2.12. The molecule has 0 radical (unpaired) electrons. The molecule has 0 aliphatic heterocycles. The summed E-state index contributed by atoms with van der Waals surface area (Å²) in [5.74, 6) is 1.05. The molecule has 0 fully saturated rings. The van der Waals surface area contributed by atoms with E-state index in [1.54, 1.807) is 0 Å². The molecule has 4 heteroatoms. The van der Waals surface area contributed by atoms with E-state index in [9.17, 15) is 0 Å². The van der Waals surface area contributed by atoms with Gasteiger partial charge in [0.05, 0.1) is 12.1 Å². The molecule has 0 N–H and O–H groups in total. The predicted octanol–water partition coefficient (Wildman–Crippen LogP) is 5.85. The zero-order chi connectivity index (χ0) is 20.1. The second kappa shape index (κ2) is 8.61. The minimum absolute atomic E-state index is 0.492. The maximum atomic E-state index is 5.82. The summed E-state index contributed by atoms with van der Waals surface area (Å²) in [7, 11) is 0. The normalized spacial score (nSPS) is 11.9. The monoisotopic (exact) mass is 371 g/mol. The number of allylic oxidation sites excluding steroid dienone is 2. The van der Waals surface area contributed by atoms with E-state index in [0.29, 0.717) is 18.2 Å². The summed E-state index contributed by atoms with van der Waals surface area (Å²) in [6.07, 6.45) is 8.23. The molecule has 0 spiro atoms. The van der Waals surface area contributed by atoms with Crippen LogP contribution in [0, 0.1) is 20.8 Å². The molecule has 0 aliphatic carbocycles. The van der Waals surface area contributed by atoms with E-state index < -0.39 is 0 Å². The molecule has 0 saturated carbocycles. The molecule has 2 heterocycles. The van der Waals surface area contributed by atoms with Crippen LogP contribution in [0.1, 0.15) is 52.3 Å². The number of aryl methyl sites for hydroxylation is 3. The molecule has 0 aliphatic rings. The van der Waals surface area contributed by atoms with Gasteiger partial charge in [-0.15, -0.1) is 10.2 Å². The van der Waals surface area contributed by atoms with Gasteiger partial charge in [0, 0.05) is 11.8 Å². The van der Waals surface area contributed by atoms with Gasteiger partial charge in [-0.2, -0.15) is 0 Å². The van der Waals surface area contributed by atoms with E-state index in [2.05, 4.69) is 53.8 Å². The highest BCUT2D eigenvalue weighted by Crippen LogP contribution is 2.23. The molecule has 3 rings (SSSR count). The van der Waals surface area contributed by atoms with E-state index in [1.807, 2.05) is 50.3 Å². The van der Waals surface area contributed by atoms with Crippen molar-refractivity contribution in [2.75, 3.05) is 0 Å². The van der Waals surface area contributed by atoms with E-state index in [-0.39, 0.29) is 0 Å². The van der Waals surface area contributed by atoms with Crippen molar-refractivity contribution in [2.45, 2.75) is 34.1 Å². The van der Waals surface area contributed by atoms with Gasteiger partial charge in [-0.25, -0.2) is 0 Å². The van der Waals surface area contributed by atoms with Crippen molar-refractivity contribution < 1.29 is 4.42 Å². The molecule has 0 unspecified atom stereocenters. The van der Waals surface area contributed by atoms with Crippen molar-refractivity contribution in [3.05, 3.63) is 88.4 Å². The number of pyridine rings is 1. The van der Waals surface area contributed by atoms with Gasteiger partial charge in [0.25, 0.3) is 0 Å². The Kier molecular flexibility index (Phi) is 5.99. The Balaban J connectivity index is 1.79. The number of rotatable bonds is 6. The van der Waals surface area contributed by atoms with Crippen LogP contribution in [0.2, 0.25) is 0 Å². The maximum Gasteiger partial charge on any atom is 0.240 e. The van der Waals surface area contributed by atoms with Crippen LogP contribution in [0.15, 0.2) is 47.4 Å². The van der Waals surface area contributed by atoms with Crippen molar-refractivity contribution in [1.82, 2.24) is 15.2 Å². The van der Waals surface area contributed by atoms with Gasteiger partial charge in [0.15, 0.2) is 0 Å². The second-order valence-corrected chi connectivity index (χ2v) is 6.81. The number of hydrogen-bond donors (Lipinski definition) is 0. The van der Waals surface area contributed by atoms with Crippen molar-refractivity contribution in [3.8, 4) is 0 Å². The first kappa shape index (κ1) is 19.5. The number of benzene rings is 1. The average molecular weight is 371 g/mol. The van der Waals surface area contributed by atoms with E-state index >= 15 is 0 Å². The minimum atomic E-state index is 0.492. The molecule has 142 valence electrons. The van der Waals surface area contributed by atoms with Gasteiger partial charge in [0.2, 0.25) is 11.8 Å². The number of aromatic nitrogens is 3. The lowest BCUT2D eigenvalue weighted by molar-refractivity contribution is 0.500. The molecular formula is C24H25N3O. The van der Waals surface area contributed by atoms with Gasteiger partial charge >= 0.3 is 0 Å². The predicted molar refractivity (Wildman–Crippen MR) is 116 cm³/mol. The quantitative estimate of drug-likeness (QED) is 0.545. The van der Waals surface area contributed by atoms with Crippen molar-refractivity contribution in [1.29, 1.82) is 0 Å². The largest absolute Gasteiger partial charge is 0.421 e. The van der Waals surface area contributed by atoms with Crippen molar-refractivity contribution in [3.63, 3.8) is 0 Å². The zero-order valence-electron chi connectivity index (χ0n) is 16.9.